The van der Waals surface area contributed by atoms with Crippen molar-refractivity contribution in [3.05, 3.63) is 104 Å². The van der Waals surface area contributed by atoms with Gasteiger partial charge in [-0.3, -0.25) is 28.9 Å². The third-order valence-corrected chi connectivity index (χ3v) is 15.7. The molecule has 3 aromatic heterocycles. The first-order chi connectivity index (χ1) is 38.7. The standard InChI is InChI=1S/C53H57N7O20S/c1-3-53(71)36-23-38-45-34(26-59(38)50(67)35(36)27-77-52(53)70)32-6-4-5-28-19-31(21-37(54-45)44(28)32)79-81(72,73)80-40-20-29(7-8-39(40)78-41-22-33(51(68)69)46(63)48(65)47(41)64)49(66)57(2)11-13-74-15-17-76-18-16-75-14-12-58-24-30(55-56-58)25-60-42(61)9-10-43(60)62/h7-10,19-21,23-24,33,41,46-48,63-65,71H,3-6,11-18,22,25-27H2,1-2H3,(H,68,69)/t33-,41+,46+,47-,48-,53-/m0/s1. The predicted molar refractivity (Wildman–Crippen MR) is 275 cm³/mol. The van der Waals surface area contributed by atoms with Crippen LogP contribution >= 0.6 is 0 Å². The van der Waals surface area contributed by atoms with Gasteiger partial charge in [-0.05, 0) is 67.1 Å². The maximum Gasteiger partial charge on any atom is 0.501 e. The summed E-state index contributed by atoms with van der Waals surface area (Å²) in [4.78, 5) is 83.4. The van der Waals surface area contributed by atoms with Gasteiger partial charge in [-0.1, -0.05) is 12.1 Å². The Bertz CT molecular complexity index is 3530. The van der Waals surface area contributed by atoms with Crippen molar-refractivity contribution in [3.8, 4) is 28.6 Å². The van der Waals surface area contributed by atoms with Crippen LogP contribution in [-0.4, -0.2) is 176 Å². The molecule has 0 saturated heterocycles. The zero-order chi connectivity index (χ0) is 57.5. The summed E-state index contributed by atoms with van der Waals surface area (Å²) in [5.41, 5.74) is 1.58. The minimum Gasteiger partial charge on any atom is -0.484 e. The van der Waals surface area contributed by atoms with Crippen molar-refractivity contribution in [1.82, 2.24) is 34.3 Å². The topological polar surface area (TPSA) is 357 Å². The third-order valence-electron chi connectivity index (χ3n) is 14.9. The SMILES string of the molecule is CC[C@@]1(O)C(=O)OCc2c1cc1n(c2=O)Cc2c-1nc1cc(OS(=O)(=O)Oc3cc(C(=O)N(C)CCOCCOCCOCCn4cc(CN5C(=O)C=CC5=O)nn4)ccc3O[C@@H]3C[C@H](C(=O)O)[C@@H](O)[C@H](O)[C@H]3O)cc3c1c2CCC3. The Morgan fingerprint density at radius 1 is 0.864 bits per heavy atom. The van der Waals surface area contributed by atoms with Gasteiger partial charge in [-0.25, -0.2) is 14.5 Å². The molecule has 430 valence electrons. The first-order valence-electron chi connectivity index (χ1n) is 26.0. The Morgan fingerprint density at radius 2 is 1.59 bits per heavy atom. The number of imide groups is 1. The molecule has 0 radical (unpaired) electrons. The van der Waals surface area contributed by atoms with Gasteiger partial charge in [-0.2, -0.15) is 0 Å². The van der Waals surface area contributed by atoms with Gasteiger partial charge >= 0.3 is 22.3 Å². The minimum absolute atomic E-state index is 0.0118. The lowest BCUT2D eigenvalue weighted by Gasteiger charge is -2.38. The summed E-state index contributed by atoms with van der Waals surface area (Å²) in [6.45, 7) is 3.17. The molecule has 3 amide bonds. The van der Waals surface area contributed by atoms with Gasteiger partial charge in [0.1, 0.15) is 36.4 Å². The molecule has 5 aromatic rings. The number of aliphatic carboxylic acids is 1. The first-order valence-corrected chi connectivity index (χ1v) is 27.4. The number of likely N-dealkylation sites (N-methyl/N-ethyl adjacent to an activating group) is 1. The number of rotatable bonds is 23. The molecule has 3 aliphatic heterocycles. The molecule has 28 heteroatoms. The Hall–Kier alpha value is -7.70. The van der Waals surface area contributed by atoms with E-state index in [2.05, 4.69) is 10.3 Å². The van der Waals surface area contributed by atoms with Crippen molar-refractivity contribution >= 4 is 51.0 Å². The van der Waals surface area contributed by atoms with Gasteiger partial charge in [0, 0.05) is 60.3 Å². The molecule has 5 aliphatic rings. The van der Waals surface area contributed by atoms with Crippen LogP contribution in [-0.2, 0) is 93.2 Å². The lowest BCUT2D eigenvalue weighted by molar-refractivity contribution is -0.174. The van der Waals surface area contributed by atoms with E-state index >= 15 is 0 Å². The van der Waals surface area contributed by atoms with Crippen molar-refractivity contribution in [2.45, 2.75) is 95.3 Å². The number of amides is 3. The second kappa shape index (κ2) is 23.0. The van der Waals surface area contributed by atoms with Gasteiger partial charge in [0.15, 0.2) is 17.1 Å². The molecule has 2 aromatic carbocycles. The molecule has 6 heterocycles. The number of nitrogens with zero attached hydrogens (tertiary/aromatic N) is 7. The highest BCUT2D eigenvalue weighted by atomic mass is 32.3. The van der Waals surface area contributed by atoms with Gasteiger partial charge in [0.2, 0.25) is 0 Å². The number of aryl methyl sites for hydroxylation is 2. The number of carbonyl (C=O) groups is 5. The molecular formula is C53H57N7O20S. The predicted octanol–water partition coefficient (Wildman–Crippen LogP) is 0.0440. The number of ether oxygens (including phenoxy) is 5. The lowest BCUT2D eigenvalue weighted by atomic mass is 9.81. The quantitative estimate of drug-likeness (QED) is 0.0321. The molecule has 27 nitrogen and oxygen atoms in total. The summed E-state index contributed by atoms with van der Waals surface area (Å²) in [5, 5.41) is 61.7. The van der Waals surface area contributed by atoms with E-state index in [9.17, 15) is 62.7 Å². The number of aliphatic hydroxyl groups excluding tert-OH is 3. The highest BCUT2D eigenvalue weighted by molar-refractivity contribution is 7.82. The highest BCUT2D eigenvalue weighted by Gasteiger charge is 2.48. The molecule has 0 unspecified atom stereocenters. The van der Waals surface area contributed by atoms with Crippen molar-refractivity contribution in [3.63, 3.8) is 0 Å². The minimum atomic E-state index is -5.16. The summed E-state index contributed by atoms with van der Waals surface area (Å²) >= 11 is 0. The number of hydrogen-bond donors (Lipinski definition) is 5. The van der Waals surface area contributed by atoms with Crippen LogP contribution in [0.3, 0.4) is 0 Å². The van der Waals surface area contributed by atoms with Gasteiger partial charge in [-0.15, -0.1) is 13.5 Å². The average Bonchev–Trinajstić information content (AvgIpc) is 2.85. The van der Waals surface area contributed by atoms with E-state index in [-0.39, 0.29) is 88.1 Å². The molecule has 0 spiro atoms. The summed E-state index contributed by atoms with van der Waals surface area (Å²) in [6.07, 6.45) is -1.99. The molecule has 10 rings (SSSR count). The molecular weight excluding hydrogens is 1090 g/mol. The van der Waals surface area contributed by atoms with Crippen molar-refractivity contribution in [2.75, 3.05) is 53.2 Å². The van der Waals surface area contributed by atoms with Crippen LogP contribution in [0.5, 0.6) is 17.2 Å². The number of carbonyl (C=O) groups excluding carboxylic acids is 4. The molecule has 6 atom stereocenters. The number of aromatic nitrogens is 5. The highest BCUT2D eigenvalue weighted by Crippen LogP contribution is 2.44. The number of esters is 1. The fraction of sp³-hybridized carbons (Fsp3) is 0.453. The number of carboxylic acid groups (broad SMARTS) is 1. The van der Waals surface area contributed by atoms with E-state index in [1.165, 1.54) is 51.5 Å². The Labute approximate surface area is 461 Å². The van der Waals surface area contributed by atoms with Gasteiger partial charge in [0.25, 0.3) is 23.3 Å². The zero-order valence-corrected chi connectivity index (χ0v) is 44.6. The number of hydrogen-bond acceptors (Lipinski definition) is 22. The van der Waals surface area contributed by atoms with Crippen LogP contribution in [0.4, 0.5) is 0 Å². The maximum absolute atomic E-state index is 14.0. The van der Waals surface area contributed by atoms with Crippen LogP contribution in [0.15, 0.2) is 59.5 Å². The average molecular weight is 1140 g/mol. The zero-order valence-electron chi connectivity index (χ0n) is 43.8. The van der Waals surface area contributed by atoms with Crippen LogP contribution < -0.4 is 18.7 Å². The van der Waals surface area contributed by atoms with E-state index in [0.29, 0.717) is 60.6 Å². The summed E-state index contributed by atoms with van der Waals surface area (Å²) in [5.74, 6) is -6.64. The largest absolute Gasteiger partial charge is 0.501 e. The fourth-order valence-corrected chi connectivity index (χ4v) is 11.3. The fourth-order valence-electron chi connectivity index (χ4n) is 10.6. The van der Waals surface area contributed by atoms with Crippen molar-refractivity contribution in [2.24, 2.45) is 5.92 Å². The molecule has 0 bridgehead atoms. The number of benzene rings is 2. The summed E-state index contributed by atoms with van der Waals surface area (Å²) in [6, 6.07) is 7.96. The normalized spacial score (nSPS) is 21.9. The van der Waals surface area contributed by atoms with Crippen LogP contribution in [0.25, 0.3) is 22.3 Å². The summed E-state index contributed by atoms with van der Waals surface area (Å²) < 4.78 is 70.2. The Balaban J connectivity index is 0.793. The molecule has 1 fully saturated rings. The van der Waals surface area contributed by atoms with Gasteiger partial charge < -0.3 is 67.1 Å². The van der Waals surface area contributed by atoms with E-state index in [1.54, 1.807) is 19.2 Å². The van der Waals surface area contributed by atoms with E-state index in [4.69, 9.17) is 37.0 Å². The van der Waals surface area contributed by atoms with E-state index in [1.807, 2.05) is 0 Å². The number of aliphatic hydroxyl groups is 4. The first kappa shape index (κ1) is 56.6. The smallest absolute Gasteiger partial charge is 0.484 e. The van der Waals surface area contributed by atoms with Crippen LogP contribution in [0.1, 0.15) is 70.1 Å². The molecule has 2 aliphatic carbocycles. The number of pyridine rings is 2. The number of cyclic esters (lactones) is 1. The second-order valence-electron chi connectivity index (χ2n) is 20.0. The van der Waals surface area contributed by atoms with Crippen LogP contribution in [0.2, 0.25) is 0 Å². The maximum atomic E-state index is 14.0. The number of fused-ring (bicyclic) bond motifs is 5. The van der Waals surface area contributed by atoms with Crippen molar-refractivity contribution < 1.29 is 90.0 Å². The molecule has 1 saturated carbocycles. The Morgan fingerprint density at radius 3 is 2.32 bits per heavy atom. The second-order valence-corrected chi connectivity index (χ2v) is 21.2. The number of carboxylic acids is 1. The van der Waals surface area contributed by atoms with Crippen LogP contribution in [0, 0.1) is 5.92 Å². The Kier molecular flexibility index (Phi) is 16.1. The lowest BCUT2D eigenvalue weighted by Crippen LogP contribution is -2.57. The summed E-state index contributed by atoms with van der Waals surface area (Å²) in [7, 11) is -3.69. The van der Waals surface area contributed by atoms with Crippen molar-refractivity contribution in [1.29, 1.82) is 0 Å². The van der Waals surface area contributed by atoms with E-state index < -0.39 is 99.5 Å². The van der Waals surface area contributed by atoms with Gasteiger partial charge in [0.05, 0.1) is 100.0 Å². The monoisotopic (exact) mass is 1140 g/mol. The molecule has 5 N–H and O–H groups in total. The third kappa shape index (κ3) is 11.4. The molecule has 81 heavy (non-hydrogen) atoms. The van der Waals surface area contributed by atoms with E-state index in [0.717, 1.165) is 33.5 Å².